The van der Waals surface area contributed by atoms with Gasteiger partial charge in [-0.15, -0.1) is 21.5 Å². The lowest BCUT2D eigenvalue weighted by Crippen LogP contribution is -2.33. The first kappa shape index (κ1) is 23.5. The van der Waals surface area contributed by atoms with Crippen molar-refractivity contribution in [2.24, 2.45) is 0 Å². The van der Waals surface area contributed by atoms with Crippen LogP contribution in [0.2, 0.25) is 0 Å². The van der Waals surface area contributed by atoms with Gasteiger partial charge in [-0.2, -0.15) is 0 Å². The number of carbonyl (C=O) groups excluding carboxylic acids is 1. The number of nitrogens with one attached hydrogen (secondary N) is 1. The second-order valence-electron chi connectivity index (χ2n) is 7.80. The molecule has 0 fully saturated rings. The normalized spacial score (nSPS) is 12.1. The quantitative estimate of drug-likeness (QED) is 0.278. The fraction of sp³-hybridized carbons (Fsp3) is 0.458. The zero-order valence-corrected chi connectivity index (χ0v) is 20.1. The minimum atomic E-state index is 0.0615. The summed E-state index contributed by atoms with van der Waals surface area (Å²) in [5.74, 6) is 1.38. The predicted molar refractivity (Wildman–Crippen MR) is 130 cm³/mol. The van der Waals surface area contributed by atoms with E-state index in [-0.39, 0.29) is 11.9 Å². The summed E-state index contributed by atoms with van der Waals surface area (Å²) < 4.78 is 2.18. The highest BCUT2D eigenvalue weighted by atomic mass is 32.2. The van der Waals surface area contributed by atoms with Crippen molar-refractivity contribution < 1.29 is 4.79 Å². The molecule has 5 nitrogen and oxygen atoms in total. The van der Waals surface area contributed by atoms with E-state index in [1.807, 2.05) is 6.07 Å². The zero-order valence-electron chi connectivity index (χ0n) is 18.4. The molecule has 0 saturated carbocycles. The van der Waals surface area contributed by atoms with Gasteiger partial charge in [-0.05, 0) is 36.8 Å². The van der Waals surface area contributed by atoms with Crippen molar-refractivity contribution in [1.82, 2.24) is 20.1 Å². The van der Waals surface area contributed by atoms with Crippen LogP contribution in [0.3, 0.4) is 0 Å². The summed E-state index contributed by atoms with van der Waals surface area (Å²) in [5, 5.41) is 14.9. The third-order valence-corrected chi connectivity index (χ3v) is 7.00. The number of unbranched alkanes of at least 4 members (excludes halogenated alkanes) is 2. The predicted octanol–water partition coefficient (Wildman–Crippen LogP) is 5.35. The van der Waals surface area contributed by atoms with Crippen LogP contribution in [-0.4, -0.2) is 32.5 Å². The molecule has 31 heavy (non-hydrogen) atoms. The maximum absolute atomic E-state index is 12.4. The third kappa shape index (κ3) is 7.82. The summed E-state index contributed by atoms with van der Waals surface area (Å²) in [7, 11) is 0. The molecule has 3 rings (SSSR count). The van der Waals surface area contributed by atoms with E-state index < -0.39 is 0 Å². The fourth-order valence-electron chi connectivity index (χ4n) is 3.45. The van der Waals surface area contributed by atoms with Crippen LogP contribution < -0.4 is 5.32 Å². The second-order valence-corrected chi connectivity index (χ2v) is 9.77. The van der Waals surface area contributed by atoms with Crippen LogP contribution in [0.25, 0.3) is 0 Å². The summed E-state index contributed by atoms with van der Waals surface area (Å²) in [6, 6.07) is 14.9. The molecule has 7 heteroatoms. The Bertz CT molecular complexity index is 909. The first-order valence-electron chi connectivity index (χ1n) is 11.1. The number of benzene rings is 1. The average Bonchev–Trinajstić information content (AvgIpc) is 3.42. The van der Waals surface area contributed by atoms with E-state index in [1.54, 1.807) is 11.3 Å². The number of rotatable bonds is 13. The molecule has 0 aliphatic heterocycles. The monoisotopic (exact) mass is 456 g/mol. The number of aryl methyl sites for hydroxylation is 1. The van der Waals surface area contributed by atoms with E-state index in [9.17, 15) is 4.79 Å². The lowest BCUT2D eigenvalue weighted by atomic mass is 10.1. The van der Waals surface area contributed by atoms with Crippen LogP contribution >= 0.6 is 23.1 Å². The van der Waals surface area contributed by atoms with Crippen LogP contribution in [-0.2, 0) is 24.2 Å². The lowest BCUT2D eigenvalue weighted by Gasteiger charge is -2.14. The Balaban J connectivity index is 1.61. The summed E-state index contributed by atoms with van der Waals surface area (Å²) in [4.78, 5) is 13.7. The molecule has 1 unspecified atom stereocenters. The molecule has 0 saturated heterocycles. The van der Waals surface area contributed by atoms with Crippen molar-refractivity contribution in [2.45, 2.75) is 70.1 Å². The Morgan fingerprint density at radius 2 is 2.00 bits per heavy atom. The highest BCUT2D eigenvalue weighted by Gasteiger charge is 2.16. The Morgan fingerprint density at radius 3 is 2.74 bits per heavy atom. The van der Waals surface area contributed by atoms with Crippen molar-refractivity contribution >= 4 is 29.0 Å². The van der Waals surface area contributed by atoms with Crippen LogP contribution in [0.1, 0.15) is 55.8 Å². The number of thiophene rings is 1. The molecule has 0 spiro atoms. The maximum Gasteiger partial charge on any atom is 0.230 e. The molecule has 1 atom stereocenters. The van der Waals surface area contributed by atoms with Gasteiger partial charge >= 0.3 is 0 Å². The Kier molecular flexibility index (Phi) is 9.62. The molecular formula is C24H32N4OS2. The summed E-state index contributed by atoms with van der Waals surface area (Å²) in [6.07, 6.45) is 6.27. The number of nitrogens with zero attached hydrogens (tertiary/aromatic N) is 3. The van der Waals surface area contributed by atoms with E-state index in [1.165, 1.54) is 35.0 Å². The van der Waals surface area contributed by atoms with E-state index in [0.717, 1.165) is 43.2 Å². The van der Waals surface area contributed by atoms with Gasteiger partial charge in [0.2, 0.25) is 5.91 Å². The Labute approximate surface area is 193 Å². The number of hydrogen-bond acceptors (Lipinski definition) is 5. The van der Waals surface area contributed by atoms with Crippen LogP contribution in [0.5, 0.6) is 0 Å². The van der Waals surface area contributed by atoms with Gasteiger partial charge in [-0.1, -0.05) is 74.3 Å². The van der Waals surface area contributed by atoms with E-state index in [4.69, 9.17) is 0 Å². The molecule has 2 heterocycles. The number of amides is 1. The lowest BCUT2D eigenvalue weighted by molar-refractivity contribution is -0.119. The van der Waals surface area contributed by atoms with E-state index in [0.29, 0.717) is 5.75 Å². The second kappa shape index (κ2) is 12.7. The summed E-state index contributed by atoms with van der Waals surface area (Å²) in [5.41, 5.74) is 1.29. The Morgan fingerprint density at radius 1 is 1.16 bits per heavy atom. The third-order valence-electron chi connectivity index (χ3n) is 5.15. The van der Waals surface area contributed by atoms with Gasteiger partial charge in [0, 0.05) is 23.9 Å². The molecule has 0 radical (unpaired) electrons. The summed E-state index contributed by atoms with van der Waals surface area (Å²) in [6.45, 7) is 5.08. The van der Waals surface area contributed by atoms with Crippen molar-refractivity contribution in [3.63, 3.8) is 0 Å². The summed E-state index contributed by atoms with van der Waals surface area (Å²) >= 11 is 3.21. The van der Waals surface area contributed by atoms with Gasteiger partial charge in [0.05, 0.1) is 5.75 Å². The molecular weight excluding hydrogens is 424 g/mol. The first-order valence-corrected chi connectivity index (χ1v) is 12.9. The molecule has 1 aromatic carbocycles. The standard InChI is InChI=1S/C24H32N4OS2/c1-3-4-6-10-19(2)25-23(29)18-31-24-27-26-22(17-21-13-9-16-30-21)28(24)15-14-20-11-7-5-8-12-20/h5,7-9,11-13,16,19H,3-4,6,10,14-15,17-18H2,1-2H3,(H,25,29). The molecule has 2 aromatic heterocycles. The highest BCUT2D eigenvalue weighted by Crippen LogP contribution is 2.21. The molecule has 1 amide bonds. The van der Waals surface area contributed by atoms with Crippen molar-refractivity contribution in [2.75, 3.05) is 5.75 Å². The SMILES string of the molecule is CCCCCC(C)NC(=O)CSc1nnc(Cc2cccs2)n1CCc1ccccc1. The molecule has 0 aliphatic rings. The van der Waals surface area contributed by atoms with Gasteiger partial charge in [0.15, 0.2) is 5.16 Å². The van der Waals surface area contributed by atoms with E-state index >= 15 is 0 Å². The highest BCUT2D eigenvalue weighted by molar-refractivity contribution is 7.99. The van der Waals surface area contributed by atoms with Gasteiger partial charge in [-0.25, -0.2) is 0 Å². The van der Waals surface area contributed by atoms with Crippen molar-refractivity contribution in [3.05, 3.63) is 64.1 Å². The number of hydrogen-bond donors (Lipinski definition) is 1. The largest absolute Gasteiger partial charge is 0.353 e. The van der Waals surface area contributed by atoms with E-state index in [2.05, 4.69) is 75.7 Å². The minimum Gasteiger partial charge on any atom is -0.353 e. The number of carbonyl (C=O) groups is 1. The topological polar surface area (TPSA) is 59.8 Å². The van der Waals surface area contributed by atoms with Gasteiger partial charge < -0.3 is 9.88 Å². The Hall–Kier alpha value is -2.12. The molecule has 166 valence electrons. The smallest absolute Gasteiger partial charge is 0.230 e. The van der Waals surface area contributed by atoms with Gasteiger partial charge in [0.1, 0.15) is 5.82 Å². The molecule has 0 aliphatic carbocycles. The van der Waals surface area contributed by atoms with Crippen molar-refractivity contribution in [3.8, 4) is 0 Å². The average molecular weight is 457 g/mol. The molecule has 1 N–H and O–H groups in total. The fourth-order valence-corrected chi connectivity index (χ4v) is 4.95. The van der Waals surface area contributed by atoms with Crippen molar-refractivity contribution in [1.29, 1.82) is 0 Å². The molecule has 3 aromatic rings. The maximum atomic E-state index is 12.4. The molecule has 0 bridgehead atoms. The van der Waals surface area contributed by atoms with Gasteiger partial charge in [0.25, 0.3) is 0 Å². The zero-order chi connectivity index (χ0) is 21.9. The van der Waals surface area contributed by atoms with Crippen LogP contribution in [0.15, 0.2) is 53.0 Å². The number of thioether (sulfide) groups is 1. The first-order chi connectivity index (χ1) is 15.2. The van der Waals surface area contributed by atoms with Crippen LogP contribution in [0.4, 0.5) is 0 Å². The van der Waals surface area contributed by atoms with Gasteiger partial charge in [-0.3, -0.25) is 4.79 Å². The number of aromatic nitrogens is 3. The minimum absolute atomic E-state index is 0.0615. The van der Waals surface area contributed by atoms with Crippen LogP contribution in [0, 0.1) is 0 Å².